The van der Waals surface area contributed by atoms with Crippen LogP contribution < -0.4 is 24.4 Å². The van der Waals surface area contributed by atoms with Crippen LogP contribution in [0.1, 0.15) is 31.0 Å². The number of phenolic OH excluding ortho intramolecular Hbond substituents is 1. The number of fused-ring (bicyclic) bond motifs is 1. The molecular formula is C27H25IN2O6S. The van der Waals surface area contributed by atoms with E-state index in [0.29, 0.717) is 47.8 Å². The molecule has 0 bridgehead atoms. The molecule has 0 aliphatic carbocycles. The number of hydrogen-bond donors (Lipinski definition) is 1. The average Bonchev–Trinajstić information content (AvgIpc) is 3.18. The summed E-state index contributed by atoms with van der Waals surface area (Å²) in [6.07, 6.45) is 3.38. The molecule has 1 unspecified atom stereocenters. The highest BCUT2D eigenvalue weighted by Crippen LogP contribution is 2.33. The maximum Gasteiger partial charge on any atom is 0.338 e. The third kappa shape index (κ3) is 5.35. The van der Waals surface area contributed by atoms with Crippen LogP contribution in [0, 0.1) is 3.57 Å². The lowest BCUT2D eigenvalue weighted by Gasteiger charge is -2.24. The quantitative estimate of drug-likeness (QED) is 0.231. The number of ether oxygens (including phenoxy) is 3. The normalized spacial score (nSPS) is 15.1. The van der Waals surface area contributed by atoms with Crippen LogP contribution in [0.3, 0.4) is 0 Å². The van der Waals surface area contributed by atoms with Crippen molar-refractivity contribution in [3.8, 4) is 17.2 Å². The Morgan fingerprint density at radius 3 is 2.68 bits per heavy atom. The molecule has 0 spiro atoms. The molecule has 8 nitrogen and oxygen atoms in total. The lowest BCUT2D eigenvalue weighted by atomic mass is 9.96. The van der Waals surface area contributed by atoms with Gasteiger partial charge in [-0.1, -0.05) is 36.1 Å². The molecule has 1 atom stereocenters. The van der Waals surface area contributed by atoms with Crippen molar-refractivity contribution < 1.29 is 24.1 Å². The first-order chi connectivity index (χ1) is 17.8. The second-order valence-corrected chi connectivity index (χ2v) is 10.2. The van der Waals surface area contributed by atoms with Crippen molar-refractivity contribution in [1.29, 1.82) is 0 Å². The number of esters is 1. The molecule has 1 aliphatic rings. The number of hydrogen-bond acceptors (Lipinski definition) is 8. The minimum atomic E-state index is -0.722. The highest BCUT2D eigenvalue weighted by atomic mass is 127. The average molecular weight is 632 g/mol. The molecule has 37 heavy (non-hydrogen) atoms. The van der Waals surface area contributed by atoms with E-state index in [0.717, 1.165) is 5.56 Å². The minimum Gasteiger partial charge on any atom is -0.504 e. The van der Waals surface area contributed by atoms with Crippen molar-refractivity contribution in [3.05, 3.63) is 94.7 Å². The van der Waals surface area contributed by atoms with Crippen LogP contribution in [0.15, 0.2) is 70.1 Å². The molecule has 1 aromatic heterocycles. The third-order valence-corrected chi connectivity index (χ3v) is 7.45. The second-order valence-electron chi connectivity index (χ2n) is 8.02. The van der Waals surface area contributed by atoms with Gasteiger partial charge in [0, 0.05) is 0 Å². The summed E-state index contributed by atoms with van der Waals surface area (Å²) in [4.78, 5) is 31.8. The molecule has 1 N–H and O–H groups in total. The maximum absolute atomic E-state index is 13.7. The predicted octanol–water partition coefficient (Wildman–Crippen LogP) is 3.68. The van der Waals surface area contributed by atoms with Gasteiger partial charge < -0.3 is 19.3 Å². The number of benzene rings is 2. The summed E-state index contributed by atoms with van der Waals surface area (Å²) in [5.41, 5.74) is 1.91. The van der Waals surface area contributed by atoms with Crippen LogP contribution >= 0.6 is 33.9 Å². The Balaban J connectivity index is 1.90. The summed E-state index contributed by atoms with van der Waals surface area (Å²) in [5.74, 6) is 0.470. The number of aromatic hydroxyl groups is 1. The molecule has 192 valence electrons. The van der Waals surface area contributed by atoms with E-state index in [1.165, 1.54) is 23.0 Å². The number of nitrogens with zero attached hydrogens (tertiary/aromatic N) is 2. The molecule has 0 fully saturated rings. The topological polar surface area (TPSA) is 99.4 Å². The first-order valence-electron chi connectivity index (χ1n) is 11.4. The van der Waals surface area contributed by atoms with Crippen LogP contribution in [-0.2, 0) is 9.53 Å². The molecule has 0 saturated heterocycles. The number of methoxy groups -OCH3 is 1. The lowest BCUT2D eigenvalue weighted by Crippen LogP contribution is -2.39. The predicted molar refractivity (Wildman–Crippen MR) is 150 cm³/mol. The zero-order chi connectivity index (χ0) is 26.7. The first-order valence-corrected chi connectivity index (χ1v) is 13.3. The van der Waals surface area contributed by atoms with Crippen molar-refractivity contribution in [2.24, 2.45) is 4.99 Å². The van der Waals surface area contributed by atoms with Crippen molar-refractivity contribution in [3.63, 3.8) is 0 Å². The zero-order valence-corrected chi connectivity index (χ0v) is 23.5. The molecule has 1 aliphatic heterocycles. The van der Waals surface area contributed by atoms with E-state index >= 15 is 0 Å². The maximum atomic E-state index is 13.7. The number of thiazole rings is 1. The molecule has 3 aromatic rings. The van der Waals surface area contributed by atoms with E-state index in [1.807, 2.05) is 34.7 Å². The highest BCUT2D eigenvalue weighted by Gasteiger charge is 2.33. The Hall–Kier alpha value is -3.38. The van der Waals surface area contributed by atoms with Crippen LogP contribution in [0.2, 0.25) is 0 Å². The standard InChI is InChI=1S/C27H25IN2O6S/c1-5-11-36-18-9-7-17(8-10-18)23-22(26(33)35-6-2)15(3)29-27-30(23)25(32)21(37-27)14-16-12-19(28)24(31)20(13-16)34-4/h5,7-10,12-14,23,31H,1,6,11H2,2-4H3/b21-14-. The number of phenols is 1. The fourth-order valence-corrected chi connectivity index (χ4v) is 5.66. The Kier molecular flexibility index (Phi) is 8.18. The van der Waals surface area contributed by atoms with Gasteiger partial charge in [-0.3, -0.25) is 9.36 Å². The summed E-state index contributed by atoms with van der Waals surface area (Å²) < 4.78 is 18.7. The monoisotopic (exact) mass is 632 g/mol. The summed E-state index contributed by atoms with van der Waals surface area (Å²) in [7, 11) is 1.47. The van der Waals surface area contributed by atoms with E-state index in [9.17, 15) is 14.7 Å². The second kappa shape index (κ2) is 11.3. The van der Waals surface area contributed by atoms with Crippen molar-refractivity contribution in [2.75, 3.05) is 20.3 Å². The Morgan fingerprint density at radius 1 is 1.30 bits per heavy atom. The van der Waals surface area contributed by atoms with Gasteiger partial charge in [-0.15, -0.1) is 0 Å². The molecular weight excluding hydrogens is 607 g/mol. The fraction of sp³-hybridized carbons (Fsp3) is 0.222. The molecule has 2 heterocycles. The van der Waals surface area contributed by atoms with Gasteiger partial charge in [0.05, 0.1) is 39.1 Å². The molecule has 0 radical (unpaired) electrons. The van der Waals surface area contributed by atoms with Crippen LogP contribution in [0.25, 0.3) is 6.08 Å². The van der Waals surface area contributed by atoms with Crippen molar-refractivity contribution >= 4 is 46.0 Å². The summed E-state index contributed by atoms with van der Waals surface area (Å²) in [6, 6.07) is 9.92. The van der Waals surface area contributed by atoms with Crippen LogP contribution in [0.4, 0.5) is 0 Å². The number of halogens is 1. The molecule has 0 amide bonds. The molecule has 10 heteroatoms. The fourth-order valence-electron chi connectivity index (χ4n) is 3.99. The van der Waals surface area contributed by atoms with E-state index in [4.69, 9.17) is 14.2 Å². The number of carbonyl (C=O) groups excluding carboxylic acids is 1. The van der Waals surface area contributed by atoms with E-state index in [-0.39, 0.29) is 17.9 Å². The number of carbonyl (C=O) groups is 1. The summed E-state index contributed by atoms with van der Waals surface area (Å²) in [6.45, 7) is 7.69. The van der Waals surface area contributed by atoms with E-state index in [1.54, 1.807) is 50.3 Å². The van der Waals surface area contributed by atoms with Gasteiger partial charge >= 0.3 is 5.97 Å². The molecule has 0 saturated carbocycles. The molecule has 2 aromatic carbocycles. The molecule has 4 rings (SSSR count). The largest absolute Gasteiger partial charge is 0.504 e. The third-order valence-electron chi connectivity index (χ3n) is 5.65. The van der Waals surface area contributed by atoms with E-state index in [2.05, 4.69) is 11.6 Å². The SMILES string of the molecule is C=CCOc1ccc(C2C(C(=O)OCC)=C(C)N=c3s/c(=C\c4cc(I)c(O)c(OC)c4)c(=O)n32)cc1. The van der Waals surface area contributed by atoms with Gasteiger partial charge in [-0.25, -0.2) is 9.79 Å². The van der Waals surface area contributed by atoms with Gasteiger partial charge in [0.15, 0.2) is 16.3 Å². The summed E-state index contributed by atoms with van der Waals surface area (Å²) in [5, 5.41) is 10.2. The number of allylic oxidation sites excluding steroid dienone is 1. The highest BCUT2D eigenvalue weighted by molar-refractivity contribution is 14.1. The number of aromatic nitrogens is 1. The first kappa shape index (κ1) is 26.7. The van der Waals surface area contributed by atoms with Crippen molar-refractivity contribution in [1.82, 2.24) is 4.57 Å². The van der Waals surface area contributed by atoms with Gasteiger partial charge in [0.25, 0.3) is 5.56 Å². The van der Waals surface area contributed by atoms with Gasteiger partial charge in [0.1, 0.15) is 12.4 Å². The van der Waals surface area contributed by atoms with Gasteiger partial charge in [-0.2, -0.15) is 0 Å². The summed E-state index contributed by atoms with van der Waals surface area (Å²) >= 11 is 3.23. The Morgan fingerprint density at radius 2 is 2.03 bits per heavy atom. The van der Waals surface area contributed by atoms with Crippen molar-refractivity contribution in [2.45, 2.75) is 19.9 Å². The van der Waals surface area contributed by atoms with Gasteiger partial charge in [-0.05, 0) is 77.9 Å². The van der Waals surface area contributed by atoms with Gasteiger partial charge in [0.2, 0.25) is 0 Å². The van der Waals surface area contributed by atoms with Crippen LogP contribution in [-0.4, -0.2) is 36.0 Å². The zero-order valence-electron chi connectivity index (χ0n) is 20.5. The Labute approximate surface area is 231 Å². The minimum absolute atomic E-state index is 0.0388. The smallest absolute Gasteiger partial charge is 0.338 e. The number of rotatable bonds is 8. The Bertz CT molecular complexity index is 1570. The lowest BCUT2D eigenvalue weighted by molar-refractivity contribution is -0.139. The van der Waals surface area contributed by atoms with Crippen LogP contribution in [0.5, 0.6) is 17.2 Å². The van der Waals surface area contributed by atoms with E-state index < -0.39 is 12.0 Å².